The highest BCUT2D eigenvalue weighted by atomic mass is 35.5. The van der Waals surface area contributed by atoms with Crippen molar-refractivity contribution in [3.63, 3.8) is 0 Å². The molecule has 0 amide bonds. The second-order valence-corrected chi connectivity index (χ2v) is 8.71. The molecule has 2 rings (SSSR count). The number of benzene rings is 1. The summed E-state index contributed by atoms with van der Waals surface area (Å²) >= 11 is 1.46. The number of aromatic hydroxyl groups is 1. The maximum Gasteiger partial charge on any atom is 0.187 e. The summed E-state index contributed by atoms with van der Waals surface area (Å²) in [4.78, 5) is 4.33. The molecule has 4 nitrogen and oxygen atoms in total. The van der Waals surface area contributed by atoms with Gasteiger partial charge in [0.1, 0.15) is 5.75 Å². The first kappa shape index (κ1) is 24.0. The predicted octanol–water partition coefficient (Wildman–Crippen LogP) is 5.52. The molecule has 0 spiro atoms. The van der Waals surface area contributed by atoms with Gasteiger partial charge in [-0.3, -0.25) is 0 Å². The molecule has 0 aliphatic heterocycles. The third kappa shape index (κ3) is 5.74. The van der Waals surface area contributed by atoms with E-state index in [2.05, 4.69) is 51.8 Å². The van der Waals surface area contributed by atoms with Crippen molar-refractivity contribution in [3.05, 3.63) is 34.3 Å². The number of nitrogens with one attached hydrogen (secondary N) is 1. The highest BCUT2D eigenvalue weighted by molar-refractivity contribution is 7.13. The quantitative estimate of drug-likeness (QED) is 0.586. The number of hydrogen-bond donors (Lipinski definition) is 3. The number of phenolic OH excluding ortho intramolecular Hbond substituents is 1. The van der Waals surface area contributed by atoms with Gasteiger partial charge in [0.15, 0.2) is 5.13 Å². The topological polar surface area (TPSA) is 65.4 Å². The van der Waals surface area contributed by atoms with Gasteiger partial charge in [0.25, 0.3) is 0 Å². The van der Waals surface area contributed by atoms with Crippen LogP contribution in [-0.4, -0.2) is 15.2 Å². The van der Waals surface area contributed by atoms with E-state index in [0.29, 0.717) is 11.4 Å². The Morgan fingerprint density at radius 3 is 1.84 bits per heavy atom. The third-order valence-electron chi connectivity index (χ3n) is 3.69. The average molecular weight is 407 g/mol. The molecule has 1 heterocycles. The number of rotatable bonds is 3. The van der Waals surface area contributed by atoms with Crippen molar-refractivity contribution in [2.24, 2.45) is 0 Å². The van der Waals surface area contributed by atoms with Gasteiger partial charge in [-0.25, -0.2) is 4.98 Å². The van der Waals surface area contributed by atoms with E-state index in [1.807, 2.05) is 17.5 Å². The molecular formula is C18H28Cl2N2O2S. The van der Waals surface area contributed by atoms with Crippen molar-refractivity contribution < 1.29 is 10.2 Å². The van der Waals surface area contributed by atoms with Gasteiger partial charge in [-0.15, -0.1) is 36.2 Å². The minimum atomic E-state index is -0.166. The van der Waals surface area contributed by atoms with E-state index < -0.39 is 0 Å². The zero-order valence-corrected chi connectivity index (χ0v) is 18.0. The van der Waals surface area contributed by atoms with Crippen LogP contribution in [0.4, 0.5) is 10.8 Å². The van der Waals surface area contributed by atoms with Crippen molar-refractivity contribution in [1.29, 1.82) is 0 Å². The summed E-state index contributed by atoms with van der Waals surface area (Å²) in [5, 5.41) is 25.7. The van der Waals surface area contributed by atoms with Crippen LogP contribution in [0.5, 0.6) is 5.75 Å². The van der Waals surface area contributed by atoms with Crippen LogP contribution >= 0.6 is 36.2 Å². The zero-order chi connectivity index (χ0) is 17.4. The van der Waals surface area contributed by atoms with Crippen molar-refractivity contribution in [2.45, 2.75) is 59.0 Å². The summed E-state index contributed by atoms with van der Waals surface area (Å²) in [6, 6.07) is 3.95. The van der Waals surface area contributed by atoms with Crippen molar-refractivity contribution in [1.82, 2.24) is 4.98 Å². The van der Waals surface area contributed by atoms with Crippen LogP contribution in [0.25, 0.3) is 0 Å². The van der Waals surface area contributed by atoms with E-state index in [4.69, 9.17) is 5.11 Å². The molecule has 0 fully saturated rings. The molecule has 1 aromatic carbocycles. The number of phenols is 1. The van der Waals surface area contributed by atoms with Gasteiger partial charge in [0.2, 0.25) is 0 Å². The Morgan fingerprint density at radius 1 is 1.00 bits per heavy atom. The zero-order valence-electron chi connectivity index (χ0n) is 15.5. The second kappa shape index (κ2) is 8.58. The van der Waals surface area contributed by atoms with Crippen LogP contribution in [-0.2, 0) is 17.4 Å². The number of anilines is 2. The highest BCUT2D eigenvalue weighted by Gasteiger charge is 2.26. The molecular weight excluding hydrogens is 379 g/mol. The molecule has 7 heteroatoms. The van der Waals surface area contributed by atoms with Gasteiger partial charge < -0.3 is 15.5 Å². The van der Waals surface area contributed by atoms with E-state index in [1.54, 1.807) is 0 Å². The number of thiazole rings is 1. The minimum absolute atomic E-state index is 0. The number of halogens is 2. The molecule has 25 heavy (non-hydrogen) atoms. The maximum atomic E-state index is 10.7. The molecule has 0 saturated heterocycles. The lowest BCUT2D eigenvalue weighted by Crippen LogP contribution is -2.17. The summed E-state index contributed by atoms with van der Waals surface area (Å²) in [5.74, 6) is 0.366. The Kier molecular flexibility index (Phi) is 8.24. The molecule has 0 aliphatic carbocycles. The van der Waals surface area contributed by atoms with Gasteiger partial charge in [-0.05, 0) is 23.0 Å². The van der Waals surface area contributed by atoms with Crippen LogP contribution in [0.3, 0.4) is 0 Å². The van der Waals surface area contributed by atoms with Crippen molar-refractivity contribution in [2.75, 3.05) is 5.32 Å². The van der Waals surface area contributed by atoms with Gasteiger partial charge in [0, 0.05) is 22.2 Å². The van der Waals surface area contributed by atoms with E-state index >= 15 is 0 Å². The van der Waals surface area contributed by atoms with Gasteiger partial charge in [-0.1, -0.05) is 41.5 Å². The summed E-state index contributed by atoms with van der Waals surface area (Å²) in [7, 11) is 0. The van der Waals surface area contributed by atoms with Gasteiger partial charge in [0.05, 0.1) is 12.3 Å². The van der Waals surface area contributed by atoms with Crippen molar-refractivity contribution >= 4 is 47.0 Å². The Balaban J connectivity index is 0.00000288. The molecule has 0 unspecified atom stereocenters. The maximum absolute atomic E-state index is 10.7. The average Bonchev–Trinajstić information content (AvgIpc) is 2.85. The Bertz CT molecular complexity index is 669. The number of hydrogen-bond acceptors (Lipinski definition) is 5. The summed E-state index contributed by atoms with van der Waals surface area (Å²) in [5.41, 5.74) is 3.04. The SMILES string of the molecule is CC(C)(C)c1cc(Nc2nc(CO)cs2)cc(C(C)(C)C)c1O.Cl.Cl. The fourth-order valence-electron chi connectivity index (χ4n) is 2.41. The predicted molar refractivity (Wildman–Crippen MR) is 111 cm³/mol. The first-order valence-corrected chi connectivity index (χ1v) is 8.60. The largest absolute Gasteiger partial charge is 0.507 e. The summed E-state index contributed by atoms with van der Waals surface area (Å²) in [6.45, 7) is 12.5. The number of nitrogens with zero attached hydrogens (tertiary/aromatic N) is 1. The number of aliphatic hydroxyl groups is 1. The first-order chi connectivity index (χ1) is 10.5. The smallest absolute Gasteiger partial charge is 0.187 e. The highest BCUT2D eigenvalue weighted by Crippen LogP contribution is 2.41. The lowest BCUT2D eigenvalue weighted by atomic mass is 9.79. The second-order valence-electron chi connectivity index (χ2n) is 7.85. The van der Waals surface area contributed by atoms with E-state index in [-0.39, 0.29) is 42.3 Å². The van der Waals surface area contributed by atoms with E-state index in [1.165, 1.54) is 11.3 Å². The molecule has 0 saturated carbocycles. The van der Waals surface area contributed by atoms with E-state index in [9.17, 15) is 5.11 Å². The Hall–Kier alpha value is -1.01. The molecule has 0 bridgehead atoms. The Morgan fingerprint density at radius 2 is 1.48 bits per heavy atom. The van der Waals surface area contributed by atoms with Crippen molar-refractivity contribution in [3.8, 4) is 5.75 Å². The monoisotopic (exact) mass is 406 g/mol. The van der Waals surface area contributed by atoms with Crippen LogP contribution in [0.2, 0.25) is 0 Å². The Labute approximate surface area is 166 Å². The molecule has 3 N–H and O–H groups in total. The molecule has 2 aromatic rings. The van der Waals surface area contributed by atoms with Crippen LogP contribution in [0.15, 0.2) is 17.5 Å². The van der Waals surface area contributed by atoms with Crippen LogP contribution < -0.4 is 5.32 Å². The molecule has 0 atom stereocenters. The minimum Gasteiger partial charge on any atom is -0.507 e. The molecule has 1 aromatic heterocycles. The van der Waals surface area contributed by atoms with Crippen LogP contribution in [0, 0.1) is 0 Å². The third-order valence-corrected chi connectivity index (χ3v) is 4.50. The summed E-state index contributed by atoms with van der Waals surface area (Å²) < 4.78 is 0. The molecule has 0 radical (unpaired) electrons. The van der Waals surface area contributed by atoms with Gasteiger partial charge >= 0.3 is 0 Å². The van der Waals surface area contributed by atoms with Gasteiger partial charge in [-0.2, -0.15) is 0 Å². The van der Waals surface area contributed by atoms with Crippen LogP contribution in [0.1, 0.15) is 58.4 Å². The van der Waals surface area contributed by atoms with E-state index in [0.717, 1.165) is 21.9 Å². The standard InChI is InChI=1S/C18H26N2O2S.2ClH/c1-17(2,3)13-7-11(8-14(15(13)22)18(4,5)6)19-16-20-12(9-21)10-23-16;;/h7-8,10,21-22H,9H2,1-6H3,(H,19,20);2*1H. The molecule has 0 aliphatic rings. The lowest BCUT2D eigenvalue weighted by molar-refractivity contribution is 0.278. The molecule has 142 valence electrons. The fraction of sp³-hybridized carbons (Fsp3) is 0.500. The fourth-order valence-corrected chi connectivity index (χ4v) is 3.13. The number of aromatic nitrogens is 1. The first-order valence-electron chi connectivity index (χ1n) is 7.72. The lowest BCUT2D eigenvalue weighted by Gasteiger charge is -2.28. The number of aliphatic hydroxyl groups excluding tert-OH is 1. The normalized spacial score (nSPS) is 11.5. The summed E-state index contributed by atoms with van der Waals surface area (Å²) in [6.07, 6.45) is 0.